The third-order valence-electron chi connectivity index (χ3n) is 3.87. The highest BCUT2D eigenvalue weighted by atomic mass is 15.1. The van der Waals surface area contributed by atoms with Gasteiger partial charge >= 0.3 is 0 Å². The van der Waals surface area contributed by atoms with Crippen molar-refractivity contribution < 1.29 is 0 Å². The zero-order valence-electron chi connectivity index (χ0n) is 12.1. The molecular weight excluding hydrogens is 222 g/mol. The molecule has 1 aromatic heterocycles. The minimum absolute atomic E-state index is 0.520. The maximum atomic E-state index is 4.57. The summed E-state index contributed by atoms with van der Waals surface area (Å²) in [6.07, 6.45) is 8.33. The summed E-state index contributed by atoms with van der Waals surface area (Å²) in [6.45, 7) is 9.02. The molecule has 1 N–H and O–H groups in total. The standard InChI is InChI=1S/C15H27N3/c1-12(2)8-9-16-10-13(3)18-11-17-14-6-4-5-7-15(14)18/h11-13,16H,4-10H2,1-3H3. The van der Waals surface area contributed by atoms with Crippen LogP contribution in [0, 0.1) is 5.92 Å². The van der Waals surface area contributed by atoms with E-state index in [1.54, 1.807) is 0 Å². The maximum Gasteiger partial charge on any atom is 0.0954 e. The molecule has 0 bridgehead atoms. The van der Waals surface area contributed by atoms with Crippen LogP contribution in [0.25, 0.3) is 0 Å². The summed E-state index contributed by atoms with van der Waals surface area (Å²) in [4.78, 5) is 4.57. The van der Waals surface area contributed by atoms with E-state index in [1.165, 1.54) is 43.5 Å². The quantitative estimate of drug-likeness (QED) is 0.786. The van der Waals surface area contributed by atoms with Crippen LogP contribution in [0.5, 0.6) is 0 Å². The molecule has 0 aliphatic heterocycles. The predicted octanol–water partition coefficient (Wildman–Crippen LogP) is 2.96. The lowest BCUT2D eigenvalue weighted by atomic mass is 10.0. The SMILES string of the molecule is CC(C)CCNCC(C)n1cnc2c1CCCC2. The fraction of sp³-hybridized carbons (Fsp3) is 0.800. The number of aromatic nitrogens is 2. The van der Waals surface area contributed by atoms with E-state index in [0.717, 1.165) is 19.0 Å². The minimum Gasteiger partial charge on any atom is -0.330 e. The normalized spacial score (nSPS) is 16.9. The third kappa shape index (κ3) is 3.35. The molecule has 1 heterocycles. The summed E-state index contributed by atoms with van der Waals surface area (Å²) in [6, 6.07) is 0.520. The van der Waals surface area contributed by atoms with Gasteiger partial charge in [0.1, 0.15) is 0 Å². The van der Waals surface area contributed by atoms with Gasteiger partial charge in [0.05, 0.1) is 12.0 Å². The number of rotatable bonds is 6. The van der Waals surface area contributed by atoms with Crippen LogP contribution in [0.1, 0.15) is 57.5 Å². The van der Waals surface area contributed by atoms with Crippen molar-refractivity contribution >= 4 is 0 Å². The van der Waals surface area contributed by atoms with E-state index in [9.17, 15) is 0 Å². The van der Waals surface area contributed by atoms with Crippen LogP contribution in [0.2, 0.25) is 0 Å². The molecule has 1 atom stereocenters. The number of nitrogens with zero attached hydrogens (tertiary/aromatic N) is 2. The van der Waals surface area contributed by atoms with Crippen molar-refractivity contribution in [3.63, 3.8) is 0 Å². The Morgan fingerprint density at radius 3 is 2.83 bits per heavy atom. The molecule has 102 valence electrons. The van der Waals surface area contributed by atoms with Crippen LogP contribution in [0.4, 0.5) is 0 Å². The van der Waals surface area contributed by atoms with Gasteiger partial charge in [0.25, 0.3) is 0 Å². The van der Waals surface area contributed by atoms with Crippen molar-refractivity contribution in [2.45, 2.75) is 58.9 Å². The fourth-order valence-corrected chi connectivity index (χ4v) is 2.67. The largest absolute Gasteiger partial charge is 0.330 e. The van der Waals surface area contributed by atoms with E-state index in [0.29, 0.717) is 6.04 Å². The van der Waals surface area contributed by atoms with Crippen LogP contribution in [-0.4, -0.2) is 22.6 Å². The summed E-state index contributed by atoms with van der Waals surface area (Å²) in [5.74, 6) is 0.786. The molecule has 0 radical (unpaired) electrons. The molecule has 1 aromatic rings. The molecule has 1 aliphatic rings. The highest BCUT2D eigenvalue weighted by Gasteiger charge is 2.17. The van der Waals surface area contributed by atoms with Gasteiger partial charge in [-0.3, -0.25) is 0 Å². The Hall–Kier alpha value is -0.830. The number of aryl methyl sites for hydroxylation is 1. The average molecular weight is 249 g/mol. The molecule has 0 saturated heterocycles. The Balaban J connectivity index is 1.85. The molecule has 0 aromatic carbocycles. The number of imidazole rings is 1. The van der Waals surface area contributed by atoms with E-state index in [-0.39, 0.29) is 0 Å². The summed E-state index contributed by atoms with van der Waals surface area (Å²) in [7, 11) is 0. The smallest absolute Gasteiger partial charge is 0.0954 e. The lowest BCUT2D eigenvalue weighted by molar-refractivity contribution is 0.453. The first kappa shape index (κ1) is 13.6. The predicted molar refractivity (Wildman–Crippen MR) is 75.9 cm³/mol. The van der Waals surface area contributed by atoms with Gasteiger partial charge in [0.2, 0.25) is 0 Å². The van der Waals surface area contributed by atoms with E-state index < -0.39 is 0 Å². The molecule has 3 heteroatoms. The van der Waals surface area contributed by atoms with Crippen molar-refractivity contribution in [2.24, 2.45) is 5.92 Å². The number of fused-ring (bicyclic) bond motifs is 1. The van der Waals surface area contributed by atoms with Gasteiger partial charge in [-0.2, -0.15) is 0 Å². The Kier molecular flexibility index (Phi) is 4.81. The number of hydrogen-bond acceptors (Lipinski definition) is 2. The summed E-state index contributed by atoms with van der Waals surface area (Å²) in [5, 5.41) is 3.56. The van der Waals surface area contributed by atoms with E-state index in [4.69, 9.17) is 0 Å². The molecule has 2 rings (SSSR count). The lowest BCUT2D eigenvalue weighted by Gasteiger charge is -2.20. The van der Waals surface area contributed by atoms with Gasteiger partial charge in [0, 0.05) is 18.3 Å². The van der Waals surface area contributed by atoms with Crippen LogP contribution in [0.3, 0.4) is 0 Å². The van der Waals surface area contributed by atoms with Gasteiger partial charge in [-0.05, 0) is 51.5 Å². The van der Waals surface area contributed by atoms with Gasteiger partial charge in [-0.15, -0.1) is 0 Å². The van der Waals surface area contributed by atoms with Crippen LogP contribution < -0.4 is 5.32 Å². The molecule has 18 heavy (non-hydrogen) atoms. The highest BCUT2D eigenvalue weighted by molar-refractivity contribution is 5.17. The molecule has 0 fully saturated rings. The molecule has 0 amide bonds. The zero-order valence-corrected chi connectivity index (χ0v) is 12.1. The second-order valence-electron chi connectivity index (χ2n) is 5.99. The summed E-state index contributed by atoms with van der Waals surface area (Å²) < 4.78 is 2.39. The first-order valence-electron chi connectivity index (χ1n) is 7.43. The number of hydrogen-bond donors (Lipinski definition) is 1. The lowest BCUT2D eigenvalue weighted by Crippen LogP contribution is -2.26. The van der Waals surface area contributed by atoms with Crippen LogP contribution in [0.15, 0.2) is 6.33 Å². The highest BCUT2D eigenvalue weighted by Crippen LogP contribution is 2.22. The van der Waals surface area contributed by atoms with Crippen molar-refractivity contribution in [3.8, 4) is 0 Å². The van der Waals surface area contributed by atoms with Gasteiger partial charge in [0.15, 0.2) is 0 Å². The molecule has 3 nitrogen and oxygen atoms in total. The van der Waals surface area contributed by atoms with E-state index in [1.807, 2.05) is 6.33 Å². The first-order chi connectivity index (χ1) is 8.68. The molecule has 0 spiro atoms. The fourth-order valence-electron chi connectivity index (χ4n) is 2.67. The second kappa shape index (κ2) is 6.37. The third-order valence-corrected chi connectivity index (χ3v) is 3.87. The maximum absolute atomic E-state index is 4.57. The van der Waals surface area contributed by atoms with Crippen LogP contribution in [-0.2, 0) is 12.8 Å². The van der Waals surface area contributed by atoms with Gasteiger partial charge in [-0.1, -0.05) is 13.8 Å². The Morgan fingerprint density at radius 2 is 2.06 bits per heavy atom. The molecule has 1 aliphatic carbocycles. The van der Waals surface area contributed by atoms with Gasteiger partial charge < -0.3 is 9.88 Å². The average Bonchev–Trinajstić information content (AvgIpc) is 2.78. The first-order valence-corrected chi connectivity index (χ1v) is 7.43. The topological polar surface area (TPSA) is 29.9 Å². The molecular formula is C15H27N3. The molecule has 1 unspecified atom stereocenters. The van der Waals surface area contributed by atoms with Crippen molar-refractivity contribution in [2.75, 3.05) is 13.1 Å². The molecule has 0 saturated carbocycles. The van der Waals surface area contributed by atoms with E-state index in [2.05, 4.69) is 35.6 Å². The Morgan fingerprint density at radius 1 is 1.28 bits per heavy atom. The second-order valence-corrected chi connectivity index (χ2v) is 5.99. The van der Waals surface area contributed by atoms with Crippen molar-refractivity contribution in [1.29, 1.82) is 0 Å². The monoisotopic (exact) mass is 249 g/mol. The van der Waals surface area contributed by atoms with Crippen molar-refractivity contribution in [1.82, 2.24) is 14.9 Å². The Labute approximate surface area is 111 Å². The minimum atomic E-state index is 0.520. The van der Waals surface area contributed by atoms with Crippen LogP contribution >= 0.6 is 0 Å². The Bertz CT molecular complexity index is 368. The van der Waals surface area contributed by atoms with E-state index >= 15 is 0 Å². The zero-order chi connectivity index (χ0) is 13.0. The summed E-state index contributed by atoms with van der Waals surface area (Å²) >= 11 is 0. The number of nitrogens with one attached hydrogen (secondary N) is 1. The van der Waals surface area contributed by atoms with Crippen molar-refractivity contribution in [3.05, 3.63) is 17.7 Å². The van der Waals surface area contributed by atoms with Gasteiger partial charge in [-0.25, -0.2) is 4.98 Å². The summed E-state index contributed by atoms with van der Waals surface area (Å²) in [5.41, 5.74) is 2.83.